The fourth-order valence-corrected chi connectivity index (χ4v) is 12.9. The second-order valence-electron chi connectivity index (χ2n) is 23.8. The number of rotatable bonds is 9. The van der Waals surface area contributed by atoms with Gasteiger partial charge in [0.2, 0.25) is 5.91 Å². The molecule has 0 bridgehead atoms. The van der Waals surface area contributed by atoms with Crippen LogP contribution in [0.5, 0.6) is 0 Å². The maximum Gasteiger partial charge on any atom is 0.253 e. The number of halogens is 4. The van der Waals surface area contributed by atoms with Crippen molar-refractivity contribution in [2.45, 2.75) is 40.8 Å². The molecular weight excluding hydrogens is 1700 g/mol. The van der Waals surface area contributed by atoms with Gasteiger partial charge in [0.25, 0.3) is 5.91 Å². The largest absolute Gasteiger partial charge is 0.399 e. The molecule has 0 radical (unpaired) electrons. The number of hydrogen-bond acceptors (Lipinski definition) is 10. The van der Waals surface area contributed by atoms with Gasteiger partial charge in [-0.25, -0.2) is 9.36 Å². The van der Waals surface area contributed by atoms with Crippen LogP contribution in [0.4, 0.5) is 62.6 Å². The maximum absolute atomic E-state index is 12.8. The summed E-state index contributed by atoms with van der Waals surface area (Å²) < 4.78 is 7.57. The number of carbonyl (C=O) groups excluding carboxylic acids is 2. The third kappa shape index (κ3) is 22.1. The van der Waals surface area contributed by atoms with E-state index >= 15 is 0 Å². The first kappa shape index (κ1) is 79.2. The fraction of sp³-hybridized carbons (Fsp3) is 0.0889. The minimum atomic E-state index is -0.178. The van der Waals surface area contributed by atoms with Crippen LogP contribution in [0.3, 0.4) is 0 Å². The molecule has 2 amide bonds. The zero-order chi connectivity index (χ0) is 75.8. The number of hydrogen-bond donors (Lipinski definition) is 3. The number of nitrogens with zero attached hydrogens (tertiary/aromatic N) is 9. The molecule has 18 heteroatoms. The van der Waals surface area contributed by atoms with Crippen LogP contribution < -0.4 is 31.1 Å². The standard InChI is InChI=1S/C17H14ClNO.C17H14N4O.C17H16N4.C15H13N.C12H10IN.C6H4I2.C6H7N/c1-2-8-14-9-6-7-12-16(14)19(17(20)13-18)15-10-4-3-5-11-15;1-12-17-14-9-5-6-10-15(14)21(13-7-3-2-4-8-13)16(22)11-20(17)19-18-12;1-13-17-15-9-5-6-10-16(15)20(11-12-21(17)19-18-13)14-7-3-2-4-8-14;1-2-8-13-9-6-7-12-15(13)16-14-10-4-3-5-11-14;13-11-8-4-5-9-12(11)14-10-6-2-1-3-7-10;7-5-3-1-2-4-6(5)8;7-6-4-2-1-3-5-6/h3-7,9-12H,13H2,1H3;2-10H,11H2,1H3;2-10H,11-12H2,1H3;3-7,9-12,16H,1H3;1-9,14H;1-4H;1-5H,7H2. The first-order valence-electron chi connectivity index (χ1n) is 34.6. The Bertz CT molecular complexity index is 5300. The molecule has 538 valence electrons. The second kappa shape index (κ2) is 41.5. The van der Waals surface area contributed by atoms with Crippen molar-refractivity contribution in [3.8, 4) is 46.2 Å². The van der Waals surface area contributed by atoms with E-state index < -0.39 is 0 Å². The van der Waals surface area contributed by atoms with Crippen molar-refractivity contribution in [2.24, 2.45) is 0 Å². The average Bonchev–Trinajstić information content (AvgIpc) is 1.61. The van der Waals surface area contributed by atoms with Gasteiger partial charge >= 0.3 is 0 Å². The predicted octanol–water partition coefficient (Wildman–Crippen LogP) is 22.3. The van der Waals surface area contributed by atoms with E-state index in [-0.39, 0.29) is 24.2 Å². The number of fused-ring (bicyclic) bond motifs is 6. The SMILES string of the molecule is CC#Cc1ccccc1N(C(=O)CCl)c1ccccc1.CC#Cc1ccccc1Nc1ccccc1.Cc1nnn2c1-c1ccccc1N(c1ccccc1)C(=O)C2.Cc1nnn2c1-c1ccccc1N(c1ccccc1)CC2.Ic1ccccc1I.Ic1ccccc1Nc1ccccc1.Nc1ccccc1. The van der Waals surface area contributed by atoms with E-state index in [0.717, 1.165) is 104 Å². The number of nitrogens with one attached hydrogen (secondary N) is 2. The Hall–Kier alpha value is -11.3. The van der Waals surface area contributed by atoms with Crippen LogP contribution >= 0.6 is 79.4 Å². The number of benzene rings is 12. The summed E-state index contributed by atoms with van der Waals surface area (Å²) in [7, 11) is 0. The minimum Gasteiger partial charge on any atom is -0.399 e. The van der Waals surface area contributed by atoms with E-state index in [9.17, 15) is 9.59 Å². The summed E-state index contributed by atoms with van der Waals surface area (Å²) in [5.74, 6) is 11.6. The molecule has 16 rings (SSSR count). The van der Waals surface area contributed by atoms with E-state index in [1.54, 1.807) is 21.4 Å². The van der Waals surface area contributed by atoms with E-state index in [2.05, 4.69) is 213 Å². The second-order valence-corrected chi connectivity index (χ2v) is 27.6. The van der Waals surface area contributed by atoms with Crippen molar-refractivity contribution >= 4 is 154 Å². The first-order valence-corrected chi connectivity index (χ1v) is 38.4. The number of carbonyl (C=O) groups is 2. The lowest BCUT2D eigenvalue weighted by molar-refractivity contribution is -0.118. The Kier molecular flexibility index (Phi) is 30.5. The van der Waals surface area contributed by atoms with Gasteiger partial charge in [-0.2, -0.15) is 0 Å². The third-order valence-corrected chi connectivity index (χ3v) is 20.5. The molecule has 14 aromatic rings. The van der Waals surface area contributed by atoms with E-state index in [0.29, 0.717) is 0 Å². The summed E-state index contributed by atoms with van der Waals surface area (Å²) in [6.07, 6.45) is 0. The van der Waals surface area contributed by atoms with Gasteiger partial charge in [-0.15, -0.1) is 33.6 Å². The van der Waals surface area contributed by atoms with E-state index in [1.807, 2.05) is 268 Å². The Morgan fingerprint density at radius 1 is 0.463 bits per heavy atom. The van der Waals surface area contributed by atoms with Crippen LogP contribution in [0, 0.1) is 48.2 Å². The van der Waals surface area contributed by atoms with Crippen LogP contribution in [0.1, 0.15) is 36.4 Å². The molecule has 2 aliphatic rings. The number of amides is 2. The van der Waals surface area contributed by atoms with Crippen LogP contribution in [0.15, 0.2) is 328 Å². The van der Waals surface area contributed by atoms with Gasteiger partial charge in [0.1, 0.15) is 12.4 Å². The van der Waals surface area contributed by atoms with Crippen molar-refractivity contribution < 1.29 is 9.59 Å². The average molecular weight is 1780 g/mol. The Balaban J connectivity index is 0.000000138. The van der Waals surface area contributed by atoms with E-state index in [4.69, 9.17) is 17.3 Å². The van der Waals surface area contributed by atoms with Gasteiger partial charge in [-0.3, -0.25) is 19.4 Å². The molecule has 0 unspecified atom stereocenters. The molecule has 12 aromatic carbocycles. The predicted molar refractivity (Wildman–Crippen MR) is 471 cm³/mol. The molecule has 14 nitrogen and oxygen atoms in total. The molecule has 0 atom stereocenters. The van der Waals surface area contributed by atoms with Crippen LogP contribution in [0.2, 0.25) is 0 Å². The number of anilines is 11. The molecule has 0 spiro atoms. The van der Waals surface area contributed by atoms with Crippen molar-refractivity contribution in [3.05, 3.63) is 361 Å². The smallest absolute Gasteiger partial charge is 0.253 e. The summed E-state index contributed by atoms with van der Waals surface area (Å²) in [5, 5.41) is 23.5. The molecule has 108 heavy (non-hydrogen) atoms. The number of aromatic nitrogens is 6. The van der Waals surface area contributed by atoms with Gasteiger partial charge in [0.15, 0.2) is 0 Å². The highest BCUT2D eigenvalue weighted by Gasteiger charge is 2.29. The monoisotopic (exact) mass is 1770 g/mol. The molecule has 2 aromatic heterocycles. The summed E-state index contributed by atoms with van der Waals surface area (Å²) >= 11 is 12.7. The topological polar surface area (TPSA) is 155 Å². The number of aryl methyl sites for hydroxylation is 2. The van der Waals surface area contributed by atoms with Crippen molar-refractivity contribution in [1.82, 2.24) is 30.0 Å². The zero-order valence-corrected chi connectivity index (χ0v) is 67.2. The van der Waals surface area contributed by atoms with E-state index in [1.165, 1.54) is 27.6 Å². The molecular formula is C90H78ClI3N12O2. The first-order chi connectivity index (χ1) is 52.8. The van der Waals surface area contributed by atoms with Crippen LogP contribution in [-0.4, -0.2) is 54.2 Å². The third-order valence-electron chi connectivity index (χ3n) is 16.4. The van der Waals surface area contributed by atoms with Crippen LogP contribution in [0.25, 0.3) is 22.5 Å². The quantitative estimate of drug-likeness (QED) is 0.0550. The van der Waals surface area contributed by atoms with Crippen LogP contribution in [-0.2, 0) is 22.7 Å². The number of nitrogen functional groups attached to an aromatic ring is 1. The zero-order valence-electron chi connectivity index (χ0n) is 59.9. The Morgan fingerprint density at radius 3 is 1.42 bits per heavy atom. The summed E-state index contributed by atoms with van der Waals surface area (Å²) in [5.41, 5.74) is 24.1. The maximum atomic E-state index is 12.8. The lowest BCUT2D eigenvalue weighted by Crippen LogP contribution is -2.28. The highest BCUT2D eigenvalue weighted by Crippen LogP contribution is 2.40. The lowest BCUT2D eigenvalue weighted by Gasteiger charge is -2.24. The molecule has 4 N–H and O–H groups in total. The highest BCUT2D eigenvalue weighted by atomic mass is 127. The Labute approximate surface area is 678 Å². The number of para-hydroxylation sites is 11. The molecule has 0 fully saturated rings. The van der Waals surface area contributed by atoms with Gasteiger partial charge in [0, 0.05) is 73.6 Å². The van der Waals surface area contributed by atoms with Gasteiger partial charge in [-0.1, -0.05) is 216 Å². The summed E-state index contributed by atoms with van der Waals surface area (Å²) in [6.45, 7) is 9.45. The van der Waals surface area contributed by atoms with Gasteiger partial charge in [0.05, 0.1) is 57.8 Å². The van der Waals surface area contributed by atoms with Crippen molar-refractivity contribution in [2.75, 3.05) is 43.5 Å². The summed E-state index contributed by atoms with van der Waals surface area (Å²) in [6, 6.07) is 108. The van der Waals surface area contributed by atoms with Crippen molar-refractivity contribution in [1.29, 1.82) is 0 Å². The highest BCUT2D eigenvalue weighted by molar-refractivity contribution is 14.1. The fourth-order valence-electron chi connectivity index (χ4n) is 11.5. The minimum absolute atomic E-state index is 0.0256. The van der Waals surface area contributed by atoms with Crippen molar-refractivity contribution in [3.63, 3.8) is 0 Å². The Morgan fingerprint density at radius 2 is 0.880 bits per heavy atom. The molecule has 2 aliphatic heterocycles. The number of nitrogens with two attached hydrogens (primary N) is 1. The normalized spacial score (nSPS) is 11.0. The van der Waals surface area contributed by atoms with Gasteiger partial charge in [-0.05, 0) is 229 Å². The summed E-state index contributed by atoms with van der Waals surface area (Å²) in [4.78, 5) is 30.7. The lowest BCUT2D eigenvalue weighted by atomic mass is 10.1. The molecule has 4 heterocycles. The number of alkyl halides is 1. The van der Waals surface area contributed by atoms with Gasteiger partial charge < -0.3 is 21.3 Å². The molecule has 0 saturated heterocycles. The molecule has 0 aliphatic carbocycles. The molecule has 0 saturated carbocycles.